The smallest absolute Gasteiger partial charge is 0.0547 e. The Morgan fingerprint density at radius 2 is 0.732 bits per heavy atom. The van der Waals surface area contributed by atoms with E-state index in [-0.39, 0.29) is 0 Å². The van der Waals surface area contributed by atoms with Gasteiger partial charge >= 0.3 is 0 Å². The van der Waals surface area contributed by atoms with E-state index in [1.165, 1.54) is 104 Å². The molecule has 0 aliphatic rings. The molecular weight excluding hydrogens is 677 g/mol. The summed E-state index contributed by atoms with van der Waals surface area (Å²) in [4.78, 5) is 0. The first kappa shape index (κ1) is 31.0. The summed E-state index contributed by atoms with van der Waals surface area (Å²) in [6.07, 6.45) is 0. The number of hydrogen-bond acceptors (Lipinski definition) is 0. The van der Waals surface area contributed by atoms with Crippen LogP contribution in [0.25, 0.3) is 110 Å². The third-order valence-electron chi connectivity index (χ3n) is 11.9. The number of rotatable bonds is 4. The zero-order valence-corrected chi connectivity index (χ0v) is 30.5. The Morgan fingerprint density at radius 1 is 0.232 bits per heavy atom. The minimum absolute atomic E-state index is 1.15. The van der Waals surface area contributed by atoms with Crippen molar-refractivity contribution in [3.05, 3.63) is 206 Å². The number of nitrogens with zero attached hydrogens (tertiary/aromatic N) is 2. The molecule has 2 aromatic heterocycles. The molecule has 0 saturated heterocycles. The van der Waals surface area contributed by atoms with E-state index in [2.05, 4.69) is 215 Å². The molecule has 0 amide bonds. The third kappa shape index (κ3) is 4.57. The Balaban J connectivity index is 1.02. The van der Waals surface area contributed by atoms with Crippen molar-refractivity contribution in [3.63, 3.8) is 0 Å². The van der Waals surface area contributed by atoms with Crippen LogP contribution < -0.4 is 0 Å². The highest BCUT2D eigenvalue weighted by molar-refractivity contribution is 6.21. The largest absolute Gasteiger partial charge is 0.309 e. The summed E-state index contributed by atoms with van der Waals surface area (Å²) in [6, 6.07) is 75.8. The zero-order valence-electron chi connectivity index (χ0n) is 30.5. The summed E-state index contributed by atoms with van der Waals surface area (Å²) in [7, 11) is 0. The van der Waals surface area contributed by atoms with Gasteiger partial charge in [-0.1, -0.05) is 146 Å². The lowest BCUT2D eigenvalue weighted by Crippen LogP contribution is -1.94. The maximum atomic E-state index is 2.43. The molecule has 0 unspecified atom stereocenters. The molecule has 2 nitrogen and oxygen atoms in total. The molecule has 2 heteroatoms. The van der Waals surface area contributed by atoms with Gasteiger partial charge in [-0.3, -0.25) is 0 Å². The molecular formula is C54H34N2. The fourth-order valence-electron chi connectivity index (χ4n) is 9.33. The summed E-state index contributed by atoms with van der Waals surface area (Å²) in [5.74, 6) is 0. The van der Waals surface area contributed by atoms with E-state index < -0.39 is 0 Å². The highest BCUT2D eigenvalue weighted by atomic mass is 15.0. The second-order valence-corrected chi connectivity index (χ2v) is 14.9. The number of fused-ring (bicyclic) bond motifs is 11. The first-order chi connectivity index (χ1) is 27.8. The van der Waals surface area contributed by atoms with Gasteiger partial charge in [0, 0.05) is 32.9 Å². The van der Waals surface area contributed by atoms with E-state index in [4.69, 9.17) is 0 Å². The second-order valence-electron chi connectivity index (χ2n) is 14.9. The molecule has 0 aliphatic carbocycles. The maximum absolute atomic E-state index is 2.43. The highest BCUT2D eigenvalue weighted by Gasteiger charge is 2.17. The predicted molar refractivity (Wildman–Crippen MR) is 239 cm³/mol. The van der Waals surface area contributed by atoms with Crippen molar-refractivity contribution in [1.29, 1.82) is 0 Å². The van der Waals surface area contributed by atoms with Crippen LogP contribution in [0.5, 0.6) is 0 Å². The molecule has 0 saturated carbocycles. The lowest BCUT2D eigenvalue weighted by atomic mass is 9.91. The first-order valence-corrected chi connectivity index (χ1v) is 19.3. The Hall–Kier alpha value is -7.42. The monoisotopic (exact) mass is 710 g/mol. The molecule has 12 rings (SSSR count). The topological polar surface area (TPSA) is 9.86 Å². The van der Waals surface area contributed by atoms with Gasteiger partial charge in [-0.25, -0.2) is 0 Å². The summed E-state index contributed by atoms with van der Waals surface area (Å²) in [5.41, 5.74) is 12.0. The Kier molecular flexibility index (Phi) is 6.66. The number of para-hydroxylation sites is 3. The summed E-state index contributed by atoms with van der Waals surface area (Å²) in [5, 5.41) is 12.7. The maximum Gasteiger partial charge on any atom is 0.0547 e. The van der Waals surface area contributed by atoms with Gasteiger partial charge in [0.15, 0.2) is 0 Å². The van der Waals surface area contributed by atoms with E-state index in [0.29, 0.717) is 0 Å². The number of hydrogen-bond donors (Lipinski definition) is 0. The average Bonchev–Trinajstić information content (AvgIpc) is 3.78. The summed E-state index contributed by atoms with van der Waals surface area (Å²) >= 11 is 0. The molecule has 0 N–H and O–H groups in total. The molecule has 0 aliphatic heterocycles. The van der Waals surface area contributed by atoms with E-state index in [1.54, 1.807) is 0 Å². The minimum Gasteiger partial charge on any atom is -0.309 e. The van der Waals surface area contributed by atoms with Crippen LogP contribution in [0.1, 0.15) is 0 Å². The van der Waals surface area contributed by atoms with Gasteiger partial charge in [0.25, 0.3) is 0 Å². The lowest BCUT2D eigenvalue weighted by molar-refractivity contribution is 1.18. The summed E-state index contributed by atoms with van der Waals surface area (Å²) in [6.45, 7) is 0. The van der Waals surface area contributed by atoms with Crippen LogP contribution in [0.2, 0.25) is 0 Å². The van der Waals surface area contributed by atoms with E-state index >= 15 is 0 Å². The predicted octanol–water partition coefficient (Wildman–Crippen LogP) is 14.7. The zero-order chi connectivity index (χ0) is 36.7. The van der Waals surface area contributed by atoms with Crippen LogP contribution in [0.4, 0.5) is 0 Å². The minimum atomic E-state index is 1.15. The summed E-state index contributed by atoms with van der Waals surface area (Å²) < 4.78 is 4.81. The van der Waals surface area contributed by atoms with Gasteiger partial charge in [-0.15, -0.1) is 0 Å². The first-order valence-electron chi connectivity index (χ1n) is 19.3. The van der Waals surface area contributed by atoms with Gasteiger partial charge in [0.1, 0.15) is 0 Å². The van der Waals surface area contributed by atoms with Crippen molar-refractivity contribution >= 4 is 75.9 Å². The normalized spacial score (nSPS) is 11.9. The van der Waals surface area contributed by atoms with Crippen LogP contribution in [0.3, 0.4) is 0 Å². The van der Waals surface area contributed by atoms with Crippen LogP contribution in [-0.2, 0) is 0 Å². The SMILES string of the molecule is c1ccc(-n2c3ccccc3c3cc(-c4ccc5c6ccccc6n(-c6ccc(-c7cc8c9ccccc9ccc8c8ccccc78)cc6)c5c4)ccc32)cc1. The molecule has 56 heavy (non-hydrogen) atoms. The van der Waals surface area contributed by atoms with Crippen LogP contribution in [0.15, 0.2) is 206 Å². The molecule has 0 bridgehead atoms. The molecule has 12 aromatic rings. The van der Waals surface area contributed by atoms with Crippen molar-refractivity contribution < 1.29 is 0 Å². The Bertz CT molecular complexity index is 3510. The molecule has 0 radical (unpaired) electrons. The molecule has 2 heterocycles. The fourth-order valence-corrected chi connectivity index (χ4v) is 9.33. The van der Waals surface area contributed by atoms with Crippen molar-refractivity contribution in [1.82, 2.24) is 9.13 Å². The highest BCUT2D eigenvalue weighted by Crippen LogP contribution is 2.41. The van der Waals surface area contributed by atoms with E-state index in [9.17, 15) is 0 Å². The van der Waals surface area contributed by atoms with E-state index in [1.807, 2.05) is 0 Å². The van der Waals surface area contributed by atoms with Gasteiger partial charge < -0.3 is 9.13 Å². The quantitative estimate of drug-likeness (QED) is 0.161. The van der Waals surface area contributed by atoms with Crippen molar-refractivity contribution in [3.8, 4) is 33.6 Å². The van der Waals surface area contributed by atoms with Crippen LogP contribution in [0, 0.1) is 0 Å². The van der Waals surface area contributed by atoms with Crippen molar-refractivity contribution in [2.75, 3.05) is 0 Å². The molecule has 0 fully saturated rings. The number of aromatic nitrogens is 2. The van der Waals surface area contributed by atoms with Crippen molar-refractivity contribution in [2.24, 2.45) is 0 Å². The molecule has 0 spiro atoms. The van der Waals surface area contributed by atoms with Crippen molar-refractivity contribution in [2.45, 2.75) is 0 Å². The molecule has 260 valence electrons. The van der Waals surface area contributed by atoms with Gasteiger partial charge in [0.05, 0.1) is 22.1 Å². The van der Waals surface area contributed by atoms with Gasteiger partial charge in [-0.2, -0.15) is 0 Å². The number of benzene rings is 10. The van der Waals surface area contributed by atoms with Crippen LogP contribution in [-0.4, -0.2) is 9.13 Å². The average molecular weight is 711 g/mol. The lowest BCUT2D eigenvalue weighted by Gasteiger charge is -2.14. The Morgan fingerprint density at radius 3 is 1.52 bits per heavy atom. The second kappa shape index (κ2) is 12.0. The van der Waals surface area contributed by atoms with Gasteiger partial charge in [-0.05, 0) is 115 Å². The Labute approximate surface area is 323 Å². The van der Waals surface area contributed by atoms with E-state index in [0.717, 1.165) is 5.69 Å². The molecule has 10 aromatic carbocycles. The van der Waals surface area contributed by atoms with Crippen LogP contribution >= 0.6 is 0 Å². The standard InChI is InChI=1S/C54H34N2/c1-2-13-39(14-3-1)55-52-21-11-9-19-46(52)50-32-37(26-31-53(50)55)38-25-30-47-45-18-8-10-20-51(45)56(54(47)33-38)40-27-22-36(23-28-40)48-34-49-41-15-5-4-12-35(41)24-29-44(49)42-16-6-7-17-43(42)48/h1-34H. The third-order valence-corrected chi connectivity index (χ3v) is 11.9. The molecule has 0 atom stereocenters. The van der Waals surface area contributed by atoms with Gasteiger partial charge in [0.2, 0.25) is 0 Å². The fraction of sp³-hybridized carbons (Fsp3) is 0.